The number of fused-ring (bicyclic) bond motifs is 1. The van der Waals surface area contributed by atoms with Crippen molar-refractivity contribution >= 4 is 5.91 Å². The number of benzene rings is 2. The number of ether oxygens (including phenoxy) is 2. The number of likely N-dealkylation sites (N-methyl/N-ethyl adjacent to an activating group) is 1. The van der Waals surface area contributed by atoms with Gasteiger partial charge in [0.2, 0.25) is 5.91 Å². The molecule has 1 unspecified atom stereocenters. The molecule has 0 saturated heterocycles. The van der Waals surface area contributed by atoms with E-state index in [0.29, 0.717) is 19.8 Å². The molecule has 0 saturated carbocycles. The van der Waals surface area contributed by atoms with Crippen molar-refractivity contribution in [3.63, 3.8) is 0 Å². The molecule has 1 aliphatic rings. The van der Waals surface area contributed by atoms with E-state index in [0.717, 1.165) is 29.0 Å². The van der Waals surface area contributed by atoms with Crippen molar-refractivity contribution in [2.24, 2.45) is 5.92 Å². The molecule has 0 aromatic heterocycles. The SMILES string of the molecule is Cc1cccc(OCCN(C)C(=O)C2COc3ccccc3C2)c1. The molecule has 1 aliphatic heterocycles. The van der Waals surface area contributed by atoms with Crippen molar-refractivity contribution in [2.75, 3.05) is 26.8 Å². The van der Waals surface area contributed by atoms with Gasteiger partial charge in [0.15, 0.2) is 0 Å². The maximum atomic E-state index is 12.6. The van der Waals surface area contributed by atoms with Crippen LogP contribution in [0.5, 0.6) is 11.5 Å². The van der Waals surface area contributed by atoms with Gasteiger partial charge in [-0.05, 0) is 42.7 Å². The Hall–Kier alpha value is -2.49. The second kappa shape index (κ2) is 7.39. The summed E-state index contributed by atoms with van der Waals surface area (Å²) in [5.41, 5.74) is 2.27. The minimum atomic E-state index is -0.121. The number of aryl methyl sites for hydroxylation is 1. The molecule has 0 N–H and O–H groups in total. The van der Waals surface area contributed by atoms with Crippen LogP contribution in [0.2, 0.25) is 0 Å². The van der Waals surface area contributed by atoms with E-state index < -0.39 is 0 Å². The minimum Gasteiger partial charge on any atom is -0.492 e. The van der Waals surface area contributed by atoms with Crippen molar-refractivity contribution in [1.82, 2.24) is 4.90 Å². The van der Waals surface area contributed by atoms with Crippen molar-refractivity contribution < 1.29 is 14.3 Å². The number of amides is 1. The van der Waals surface area contributed by atoms with Crippen LogP contribution in [0.15, 0.2) is 48.5 Å². The lowest BCUT2D eigenvalue weighted by molar-refractivity contribution is -0.135. The van der Waals surface area contributed by atoms with Gasteiger partial charge in [-0.1, -0.05) is 30.3 Å². The van der Waals surface area contributed by atoms with Crippen LogP contribution in [-0.4, -0.2) is 37.6 Å². The fourth-order valence-corrected chi connectivity index (χ4v) is 2.91. The number of hydrogen-bond donors (Lipinski definition) is 0. The summed E-state index contributed by atoms with van der Waals surface area (Å²) in [5.74, 6) is 1.72. The van der Waals surface area contributed by atoms with Gasteiger partial charge >= 0.3 is 0 Å². The van der Waals surface area contributed by atoms with Gasteiger partial charge in [0.1, 0.15) is 24.7 Å². The molecule has 126 valence electrons. The maximum Gasteiger partial charge on any atom is 0.229 e. The highest BCUT2D eigenvalue weighted by Gasteiger charge is 2.27. The monoisotopic (exact) mass is 325 g/mol. The van der Waals surface area contributed by atoms with Crippen LogP contribution in [0.3, 0.4) is 0 Å². The molecule has 2 aromatic rings. The summed E-state index contributed by atoms with van der Waals surface area (Å²) >= 11 is 0. The van der Waals surface area contributed by atoms with Gasteiger partial charge in [-0.3, -0.25) is 4.79 Å². The van der Waals surface area contributed by atoms with E-state index in [1.807, 2.05) is 62.5 Å². The fourth-order valence-electron chi connectivity index (χ4n) is 2.91. The van der Waals surface area contributed by atoms with Gasteiger partial charge in [-0.15, -0.1) is 0 Å². The lowest BCUT2D eigenvalue weighted by atomic mass is 9.95. The van der Waals surface area contributed by atoms with Crippen LogP contribution in [0, 0.1) is 12.8 Å². The fraction of sp³-hybridized carbons (Fsp3) is 0.350. The largest absolute Gasteiger partial charge is 0.492 e. The smallest absolute Gasteiger partial charge is 0.229 e. The zero-order chi connectivity index (χ0) is 16.9. The van der Waals surface area contributed by atoms with E-state index in [2.05, 4.69) is 0 Å². The van der Waals surface area contributed by atoms with Crippen LogP contribution >= 0.6 is 0 Å². The van der Waals surface area contributed by atoms with Crippen LogP contribution in [0.1, 0.15) is 11.1 Å². The molecule has 0 fully saturated rings. The Bertz CT molecular complexity index is 714. The standard InChI is InChI=1S/C20H23NO3/c1-15-6-5-8-18(12-15)23-11-10-21(2)20(22)17-13-16-7-3-4-9-19(16)24-14-17/h3-9,12,17H,10-11,13-14H2,1-2H3. The molecular weight excluding hydrogens is 302 g/mol. The first-order valence-corrected chi connectivity index (χ1v) is 8.28. The van der Waals surface area contributed by atoms with Gasteiger partial charge in [0.25, 0.3) is 0 Å². The molecule has 24 heavy (non-hydrogen) atoms. The quantitative estimate of drug-likeness (QED) is 0.848. The summed E-state index contributed by atoms with van der Waals surface area (Å²) in [6.45, 7) is 3.52. The number of carbonyl (C=O) groups is 1. The van der Waals surface area contributed by atoms with Crippen molar-refractivity contribution in [2.45, 2.75) is 13.3 Å². The maximum absolute atomic E-state index is 12.6. The Labute approximate surface area is 143 Å². The Balaban J connectivity index is 1.50. The first-order valence-electron chi connectivity index (χ1n) is 8.28. The van der Waals surface area contributed by atoms with E-state index in [4.69, 9.17) is 9.47 Å². The number of rotatable bonds is 5. The van der Waals surface area contributed by atoms with Crippen LogP contribution in [0.4, 0.5) is 0 Å². The molecule has 4 heteroatoms. The van der Waals surface area contributed by atoms with Gasteiger partial charge in [-0.2, -0.15) is 0 Å². The summed E-state index contributed by atoms with van der Waals surface area (Å²) in [6.07, 6.45) is 0.734. The van der Waals surface area contributed by atoms with Gasteiger partial charge < -0.3 is 14.4 Å². The lowest BCUT2D eigenvalue weighted by Gasteiger charge is -2.28. The summed E-state index contributed by atoms with van der Waals surface area (Å²) in [5, 5.41) is 0. The van der Waals surface area contributed by atoms with Gasteiger partial charge in [-0.25, -0.2) is 0 Å². The van der Waals surface area contributed by atoms with E-state index in [1.165, 1.54) is 0 Å². The third-order valence-corrected chi connectivity index (χ3v) is 4.29. The number of carbonyl (C=O) groups excluding carboxylic acids is 1. The first kappa shape index (κ1) is 16.4. The Morgan fingerprint density at radius 2 is 2.08 bits per heavy atom. The highest BCUT2D eigenvalue weighted by molar-refractivity contribution is 5.79. The third-order valence-electron chi connectivity index (χ3n) is 4.29. The van der Waals surface area contributed by atoms with Crippen molar-refractivity contribution in [3.05, 3.63) is 59.7 Å². The van der Waals surface area contributed by atoms with E-state index in [9.17, 15) is 4.79 Å². The lowest BCUT2D eigenvalue weighted by Crippen LogP contribution is -2.40. The normalized spacial score (nSPS) is 16.0. The van der Waals surface area contributed by atoms with Gasteiger partial charge in [0, 0.05) is 7.05 Å². The summed E-state index contributed by atoms with van der Waals surface area (Å²) in [7, 11) is 1.82. The summed E-state index contributed by atoms with van der Waals surface area (Å²) in [6, 6.07) is 15.8. The molecule has 0 spiro atoms. The highest BCUT2D eigenvalue weighted by Crippen LogP contribution is 2.27. The predicted molar refractivity (Wildman–Crippen MR) is 93.4 cm³/mol. The van der Waals surface area contributed by atoms with E-state index >= 15 is 0 Å². The van der Waals surface area contributed by atoms with Crippen LogP contribution in [0.25, 0.3) is 0 Å². The van der Waals surface area contributed by atoms with E-state index in [1.54, 1.807) is 4.90 Å². The van der Waals surface area contributed by atoms with Crippen LogP contribution < -0.4 is 9.47 Å². The molecule has 1 atom stereocenters. The van der Waals surface area contributed by atoms with Crippen molar-refractivity contribution in [3.8, 4) is 11.5 Å². The average Bonchev–Trinajstić information content (AvgIpc) is 2.60. The molecule has 4 nitrogen and oxygen atoms in total. The Kier molecular flexibility index (Phi) is 5.04. The Morgan fingerprint density at radius 3 is 2.92 bits per heavy atom. The second-order valence-corrected chi connectivity index (χ2v) is 6.24. The van der Waals surface area contributed by atoms with Gasteiger partial charge in [0.05, 0.1) is 12.5 Å². The molecule has 1 amide bonds. The van der Waals surface area contributed by atoms with Crippen molar-refractivity contribution in [1.29, 1.82) is 0 Å². The van der Waals surface area contributed by atoms with Crippen LogP contribution in [-0.2, 0) is 11.2 Å². The summed E-state index contributed by atoms with van der Waals surface area (Å²) < 4.78 is 11.4. The third kappa shape index (κ3) is 3.88. The Morgan fingerprint density at radius 1 is 1.25 bits per heavy atom. The summed E-state index contributed by atoms with van der Waals surface area (Å²) in [4.78, 5) is 14.3. The minimum absolute atomic E-state index is 0.109. The molecule has 0 radical (unpaired) electrons. The highest BCUT2D eigenvalue weighted by atomic mass is 16.5. The zero-order valence-corrected chi connectivity index (χ0v) is 14.2. The molecule has 0 bridgehead atoms. The second-order valence-electron chi connectivity index (χ2n) is 6.24. The molecule has 0 aliphatic carbocycles. The number of nitrogens with zero attached hydrogens (tertiary/aromatic N) is 1. The molecular formula is C20H23NO3. The molecule has 2 aromatic carbocycles. The first-order chi connectivity index (χ1) is 11.6. The topological polar surface area (TPSA) is 38.8 Å². The molecule has 1 heterocycles. The number of para-hydroxylation sites is 1. The molecule has 3 rings (SSSR count). The predicted octanol–water partition coefficient (Wildman–Crippen LogP) is 3.08. The zero-order valence-electron chi connectivity index (χ0n) is 14.2. The average molecular weight is 325 g/mol. The van der Waals surface area contributed by atoms with E-state index in [-0.39, 0.29) is 11.8 Å². The number of hydrogen-bond acceptors (Lipinski definition) is 3.